The first kappa shape index (κ1) is 26.9. The standard InChI is InChI=1S/C22H24Cl4N2O3S2/c23-18-4-1-5-19(24)17(18)13-32-10-8-27-22(29)16-3-2-9-28(12-16)33(30,31)14-15-6-7-20(25)21(26)11-15/h1,4-7,11,16H,2-3,8-10,12-14H2,(H,27,29)/t16-/m1/s1. The predicted molar refractivity (Wildman–Crippen MR) is 139 cm³/mol. The van der Waals surface area contributed by atoms with Gasteiger partial charge >= 0.3 is 0 Å². The van der Waals surface area contributed by atoms with Crippen molar-refractivity contribution in [1.82, 2.24) is 9.62 Å². The van der Waals surface area contributed by atoms with Crippen LogP contribution in [0.4, 0.5) is 0 Å². The number of nitrogens with zero attached hydrogens (tertiary/aromatic N) is 1. The molecule has 5 nitrogen and oxygen atoms in total. The number of nitrogens with one attached hydrogen (secondary N) is 1. The van der Waals surface area contributed by atoms with E-state index in [4.69, 9.17) is 46.4 Å². The van der Waals surface area contributed by atoms with Gasteiger partial charge in [0.15, 0.2) is 0 Å². The number of rotatable bonds is 9. The molecule has 0 radical (unpaired) electrons. The molecule has 0 aliphatic carbocycles. The second kappa shape index (κ2) is 12.3. The van der Waals surface area contributed by atoms with Crippen molar-refractivity contribution in [2.75, 3.05) is 25.4 Å². The number of hydrogen-bond acceptors (Lipinski definition) is 4. The zero-order chi connectivity index (χ0) is 24.0. The van der Waals surface area contributed by atoms with Crippen LogP contribution >= 0.6 is 58.2 Å². The Morgan fingerprint density at radius 3 is 2.48 bits per heavy atom. The molecule has 0 bridgehead atoms. The highest BCUT2D eigenvalue weighted by Gasteiger charge is 2.32. The molecule has 2 aromatic carbocycles. The SMILES string of the molecule is O=C(NCCSCc1c(Cl)cccc1Cl)[C@@H]1CCCN(S(=O)(=O)Cc2ccc(Cl)c(Cl)c2)C1. The lowest BCUT2D eigenvalue weighted by atomic mass is 9.99. The fourth-order valence-corrected chi connectivity index (χ4v) is 7.09. The molecule has 0 spiro atoms. The lowest BCUT2D eigenvalue weighted by Crippen LogP contribution is -2.46. The summed E-state index contributed by atoms with van der Waals surface area (Å²) in [4.78, 5) is 12.6. The smallest absolute Gasteiger partial charge is 0.224 e. The maximum absolute atomic E-state index is 12.9. The predicted octanol–water partition coefficient (Wildman–Crippen LogP) is 5.89. The summed E-state index contributed by atoms with van der Waals surface area (Å²) >= 11 is 25.9. The van der Waals surface area contributed by atoms with E-state index in [1.54, 1.807) is 48.2 Å². The van der Waals surface area contributed by atoms with Crippen LogP contribution in [-0.4, -0.2) is 44.0 Å². The number of hydrogen-bond donors (Lipinski definition) is 1. The first-order valence-corrected chi connectivity index (χ1v) is 14.6. The van der Waals surface area contributed by atoms with Crippen LogP contribution in [-0.2, 0) is 26.3 Å². The Labute approximate surface area is 219 Å². The molecule has 3 rings (SSSR count). The average molecular weight is 570 g/mol. The molecule has 0 aromatic heterocycles. The molecule has 1 amide bonds. The lowest BCUT2D eigenvalue weighted by molar-refractivity contribution is -0.125. The number of carbonyl (C=O) groups excluding carboxylic acids is 1. The Bertz CT molecular complexity index is 1080. The summed E-state index contributed by atoms with van der Waals surface area (Å²) in [5, 5.41) is 4.87. The number of benzene rings is 2. The van der Waals surface area contributed by atoms with Crippen molar-refractivity contribution in [1.29, 1.82) is 0 Å². The van der Waals surface area contributed by atoms with Crippen LogP contribution in [0.1, 0.15) is 24.0 Å². The molecule has 11 heteroatoms. The molecular formula is C22H24Cl4N2O3S2. The van der Waals surface area contributed by atoms with Crippen molar-refractivity contribution in [3.05, 3.63) is 67.6 Å². The van der Waals surface area contributed by atoms with Crippen LogP contribution in [0, 0.1) is 5.92 Å². The largest absolute Gasteiger partial charge is 0.355 e. The number of sulfonamides is 1. The average Bonchev–Trinajstić information content (AvgIpc) is 2.77. The molecule has 1 fully saturated rings. The summed E-state index contributed by atoms with van der Waals surface area (Å²) in [6.07, 6.45) is 1.30. The van der Waals surface area contributed by atoms with Crippen LogP contribution in [0.3, 0.4) is 0 Å². The van der Waals surface area contributed by atoms with E-state index in [0.717, 1.165) is 5.56 Å². The minimum atomic E-state index is -3.58. The van der Waals surface area contributed by atoms with Crippen LogP contribution in [0.15, 0.2) is 36.4 Å². The Kier molecular flexibility index (Phi) is 10.1. The molecule has 1 heterocycles. The molecule has 1 aliphatic heterocycles. The number of amides is 1. The third kappa shape index (κ3) is 7.66. The maximum atomic E-state index is 12.9. The van der Waals surface area contributed by atoms with E-state index in [0.29, 0.717) is 63.1 Å². The fraction of sp³-hybridized carbons (Fsp3) is 0.409. The van der Waals surface area contributed by atoms with Gasteiger partial charge in [0.05, 0.1) is 21.7 Å². The van der Waals surface area contributed by atoms with Crippen LogP contribution in [0.2, 0.25) is 20.1 Å². The minimum Gasteiger partial charge on any atom is -0.355 e. The molecule has 1 N–H and O–H groups in total. The second-order valence-corrected chi connectivity index (χ2v) is 12.4. The Morgan fingerprint density at radius 2 is 1.79 bits per heavy atom. The number of halogens is 4. The zero-order valence-corrected chi connectivity index (χ0v) is 22.4. The quantitative estimate of drug-likeness (QED) is 0.382. The summed E-state index contributed by atoms with van der Waals surface area (Å²) in [5.74, 6) is 0.670. The molecule has 180 valence electrons. The summed E-state index contributed by atoms with van der Waals surface area (Å²) in [6, 6.07) is 10.2. The van der Waals surface area contributed by atoms with Crippen LogP contribution in [0.25, 0.3) is 0 Å². The molecular weight excluding hydrogens is 546 g/mol. The minimum absolute atomic E-state index is 0.124. The maximum Gasteiger partial charge on any atom is 0.224 e. The second-order valence-electron chi connectivity index (χ2n) is 7.75. The van der Waals surface area contributed by atoms with Gasteiger partial charge in [-0.2, -0.15) is 11.8 Å². The highest BCUT2D eigenvalue weighted by molar-refractivity contribution is 7.98. The van der Waals surface area contributed by atoms with Crippen LogP contribution in [0.5, 0.6) is 0 Å². The first-order valence-electron chi connectivity index (χ1n) is 10.4. The monoisotopic (exact) mass is 568 g/mol. The van der Waals surface area contributed by atoms with Gasteiger partial charge < -0.3 is 5.32 Å². The summed E-state index contributed by atoms with van der Waals surface area (Å²) in [7, 11) is -3.58. The number of thioether (sulfide) groups is 1. The van der Waals surface area contributed by atoms with Gasteiger partial charge in [0.25, 0.3) is 0 Å². The van der Waals surface area contributed by atoms with E-state index in [1.807, 2.05) is 0 Å². The van der Waals surface area contributed by atoms with Gasteiger partial charge in [0, 0.05) is 41.2 Å². The lowest BCUT2D eigenvalue weighted by Gasteiger charge is -2.31. The topological polar surface area (TPSA) is 66.5 Å². The van der Waals surface area contributed by atoms with Gasteiger partial charge in [-0.3, -0.25) is 4.79 Å². The van der Waals surface area contributed by atoms with E-state index < -0.39 is 10.0 Å². The van der Waals surface area contributed by atoms with E-state index in [1.165, 1.54) is 4.31 Å². The van der Waals surface area contributed by atoms with Gasteiger partial charge in [-0.25, -0.2) is 12.7 Å². The highest BCUT2D eigenvalue weighted by Crippen LogP contribution is 2.28. The first-order chi connectivity index (χ1) is 15.7. The van der Waals surface area contributed by atoms with E-state index in [9.17, 15) is 13.2 Å². The Morgan fingerprint density at radius 1 is 1.06 bits per heavy atom. The van der Waals surface area contributed by atoms with E-state index in [-0.39, 0.29) is 24.1 Å². The van der Waals surface area contributed by atoms with Crippen molar-refractivity contribution in [3.63, 3.8) is 0 Å². The summed E-state index contributed by atoms with van der Waals surface area (Å²) in [5.41, 5.74) is 1.44. The Hall–Kier alpha value is -0.670. The molecule has 1 atom stereocenters. The molecule has 1 saturated heterocycles. The third-order valence-electron chi connectivity index (χ3n) is 5.34. The molecule has 33 heavy (non-hydrogen) atoms. The van der Waals surface area contributed by atoms with Crippen molar-refractivity contribution < 1.29 is 13.2 Å². The third-order valence-corrected chi connectivity index (χ3v) is 9.58. The molecule has 1 aliphatic rings. The van der Waals surface area contributed by atoms with Crippen LogP contribution < -0.4 is 5.32 Å². The van der Waals surface area contributed by atoms with Crippen molar-refractivity contribution in [2.24, 2.45) is 5.92 Å². The molecule has 2 aromatic rings. The molecule has 0 unspecified atom stereocenters. The highest BCUT2D eigenvalue weighted by atomic mass is 35.5. The van der Waals surface area contributed by atoms with Crippen molar-refractivity contribution >= 4 is 74.1 Å². The van der Waals surface area contributed by atoms with Gasteiger partial charge in [-0.15, -0.1) is 0 Å². The van der Waals surface area contributed by atoms with Gasteiger partial charge in [0.1, 0.15) is 0 Å². The summed E-state index contributed by atoms with van der Waals surface area (Å²) < 4.78 is 27.2. The number of carbonyl (C=O) groups is 1. The zero-order valence-electron chi connectivity index (χ0n) is 17.7. The van der Waals surface area contributed by atoms with Gasteiger partial charge in [0.2, 0.25) is 15.9 Å². The van der Waals surface area contributed by atoms with Gasteiger partial charge in [-0.1, -0.05) is 58.5 Å². The summed E-state index contributed by atoms with van der Waals surface area (Å²) in [6.45, 7) is 1.07. The van der Waals surface area contributed by atoms with E-state index >= 15 is 0 Å². The van der Waals surface area contributed by atoms with Crippen molar-refractivity contribution in [3.8, 4) is 0 Å². The molecule has 0 saturated carbocycles. The fourth-order valence-electron chi connectivity index (χ4n) is 3.58. The normalized spacial score (nSPS) is 17.2. The van der Waals surface area contributed by atoms with E-state index in [2.05, 4.69) is 5.32 Å². The number of piperidine rings is 1. The Balaban J connectivity index is 1.47. The van der Waals surface area contributed by atoms with Gasteiger partial charge in [-0.05, 0) is 48.2 Å². The van der Waals surface area contributed by atoms with Crippen molar-refractivity contribution in [2.45, 2.75) is 24.3 Å².